The van der Waals surface area contributed by atoms with E-state index >= 15 is 0 Å². The third-order valence-electron chi connectivity index (χ3n) is 5.51. The SMILES string of the molecule is Cc1ccc2oc(N3CCN(C(=O)C(C)C(N)c4ccccc4)CC3)nc2c1. The highest BCUT2D eigenvalue weighted by atomic mass is 16.4. The maximum atomic E-state index is 12.9. The number of hydrogen-bond donors (Lipinski definition) is 1. The summed E-state index contributed by atoms with van der Waals surface area (Å²) in [4.78, 5) is 21.5. The summed E-state index contributed by atoms with van der Waals surface area (Å²) in [5.74, 6) is -0.162. The predicted molar refractivity (Wildman–Crippen MR) is 110 cm³/mol. The summed E-state index contributed by atoms with van der Waals surface area (Å²) in [5.41, 5.74) is 10.1. The lowest BCUT2D eigenvalue weighted by atomic mass is 9.94. The van der Waals surface area contributed by atoms with Gasteiger partial charge in [0.15, 0.2) is 5.58 Å². The molecule has 1 fully saturated rings. The summed E-state index contributed by atoms with van der Waals surface area (Å²) in [5, 5.41) is 0. The van der Waals surface area contributed by atoms with Crippen molar-refractivity contribution in [1.82, 2.24) is 9.88 Å². The standard InChI is InChI=1S/C22H26N4O2/c1-15-8-9-19-18(14-15)24-22(28-19)26-12-10-25(11-13-26)21(27)16(2)20(23)17-6-4-3-5-7-17/h3-9,14,16,20H,10-13,23H2,1-2H3. The highest BCUT2D eigenvalue weighted by molar-refractivity contribution is 5.80. The number of nitrogens with two attached hydrogens (primary N) is 1. The van der Waals surface area contributed by atoms with E-state index in [1.165, 1.54) is 0 Å². The summed E-state index contributed by atoms with van der Waals surface area (Å²) >= 11 is 0. The first-order valence-corrected chi connectivity index (χ1v) is 9.74. The molecule has 6 heteroatoms. The number of fused-ring (bicyclic) bond motifs is 1. The summed E-state index contributed by atoms with van der Waals surface area (Å²) in [6.45, 7) is 6.63. The van der Waals surface area contributed by atoms with Gasteiger partial charge in [0.1, 0.15) is 5.52 Å². The molecular formula is C22H26N4O2. The number of amides is 1. The average molecular weight is 378 g/mol. The van der Waals surface area contributed by atoms with Gasteiger partial charge in [0, 0.05) is 32.2 Å². The number of piperazine rings is 1. The molecule has 0 spiro atoms. The molecule has 4 rings (SSSR count). The molecule has 1 saturated heterocycles. The second-order valence-electron chi connectivity index (χ2n) is 7.51. The Morgan fingerprint density at radius 3 is 2.54 bits per heavy atom. The molecule has 2 heterocycles. The second kappa shape index (κ2) is 7.64. The lowest BCUT2D eigenvalue weighted by molar-refractivity contribution is -0.136. The smallest absolute Gasteiger partial charge is 0.298 e. The van der Waals surface area contributed by atoms with Crippen LogP contribution in [0.5, 0.6) is 0 Å². The van der Waals surface area contributed by atoms with Crippen LogP contribution < -0.4 is 10.6 Å². The minimum Gasteiger partial charge on any atom is -0.423 e. The zero-order valence-electron chi connectivity index (χ0n) is 16.3. The molecule has 3 aromatic rings. The normalized spacial score (nSPS) is 17.0. The highest BCUT2D eigenvalue weighted by Gasteiger charge is 2.30. The summed E-state index contributed by atoms with van der Waals surface area (Å²) in [6.07, 6.45) is 0. The number of nitrogens with zero attached hydrogens (tertiary/aromatic N) is 3. The third kappa shape index (κ3) is 3.60. The molecule has 0 bridgehead atoms. The van der Waals surface area contributed by atoms with Crippen LogP contribution in [0.15, 0.2) is 52.9 Å². The fourth-order valence-electron chi connectivity index (χ4n) is 3.68. The first kappa shape index (κ1) is 18.5. The molecule has 2 aromatic carbocycles. The lowest BCUT2D eigenvalue weighted by Gasteiger charge is -2.36. The minimum atomic E-state index is -0.299. The number of aromatic nitrogens is 1. The Morgan fingerprint density at radius 2 is 1.82 bits per heavy atom. The number of carbonyl (C=O) groups is 1. The molecule has 1 aliphatic rings. The summed E-state index contributed by atoms with van der Waals surface area (Å²) in [6, 6.07) is 16.1. The quantitative estimate of drug-likeness (QED) is 0.755. The predicted octanol–water partition coefficient (Wildman–Crippen LogP) is 3.12. The van der Waals surface area contributed by atoms with Crippen molar-refractivity contribution in [3.63, 3.8) is 0 Å². The fraction of sp³-hybridized carbons (Fsp3) is 0.364. The van der Waals surface area contributed by atoms with Crippen molar-refractivity contribution in [2.75, 3.05) is 31.1 Å². The zero-order chi connectivity index (χ0) is 19.7. The monoisotopic (exact) mass is 378 g/mol. The molecule has 0 radical (unpaired) electrons. The topological polar surface area (TPSA) is 75.6 Å². The Kier molecular flexibility index (Phi) is 5.05. The fourth-order valence-corrected chi connectivity index (χ4v) is 3.68. The lowest BCUT2D eigenvalue weighted by Crippen LogP contribution is -2.51. The van der Waals surface area contributed by atoms with Crippen LogP contribution in [0.2, 0.25) is 0 Å². The van der Waals surface area contributed by atoms with E-state index in [1.807, 2.05) is 67.3 Å². The van der Waals surface area contributed by atoms with Gasteiger partial charge in [-0.05, 0) is 30.2 Å². The largest absolute Gasteiger partial charge is 0.423 e. The Labute approximate surface area is 164 Å². The van der Waals surface area contributed by atoms with Crippen LogP contribution in [0.4, 0.5) is 6.01 Å². The molecule has 28 heavy (non-hydrogen) atoms. The van der Waals surface area contributed by atoms with Gasteiger partial charge in [-0.15, -0.1) is 0 Å². The van der Waals surface area contributed by atoms with Crippen molar-refractivity contribution in [1.29, 1.82) is 0 Å². The van der Waals surface area contributed by atoms with Crippen LogP contribution in [0, 0.1) is 12.8 Å². The molecule has 2 N–H and O–H groups in total. The molecule has 146 valence electrons. The van der Waals surface area contributed by atoms with Gasteiger partial charge in [-0.25, -0.2) is 0 Å². The van der Waals surface area contributed by atoms with Crippen LogP contribution in [0.1, 0.15) is 24.1 Å². The Balaban J connectivity index is 1.39. The van der Waals surface area contributed by atoms with E-state index in [4.69, 9.17) is 10.2 Å². The van der Waals surface area contributed by atoms with Crippen molar-refractivity contribution in [2.24, 2.45) is 11.7 Å². The van der Waals surface area contributed by atoms with E-state index in [-0.39, 0.29) is 17.9 Å². The van der Waals surface area contributed by atoms with Gasteiger partial charge < -0.3 is 20.0 Å². The number of oxazole rings is 1. The van der Waals surface area contributed by atoms with E-state index in [2.05, 4.69) is 9.88 Å². The Bertz CT molecular complexity index is 961. The highest BCUT2D eigenvalue weighted by Crippen LogP contribution is 2.25. The van der Waals surface area contributed by atoms with E-state index < -0.39 is 0 Å². The van der Waals surface area contributed by atoms with Gasteiger partial charge in [-0.3, -0.25) is 4.79 Å². The number of benzene rings is 2. The summed E-state index contributed by atoms with van der Waals surface area (Å²) < 4.78 is 5.89. The number of anilines is 1. The maximum Gasteiger partial charge on any atom is 0.298 e. The molecule has 2 unspecified atom stereocenters. The van der Waals surface area contributed by atoms with Crippen LogP contribution in [0.3, 0.4) is 0 Å². The Hall–Kier alpha value is -2.86. The first-order chi connectivity index (χ1) is 13.5. The average Bonchev–Trinajstić information content (AvgIpc) is 3.16. The second-order valence-corrected chi connectivity index (χ2v) is 7.51. The van der Waals surface area contributed by atoms with E-state index in [1.54, 1.807) is 0 Å². The molecule has 2 atom stereocenters. The molecular weight excluding hydrogens is 352 g/mol. The van der Waals surface area contributed by atoms with Crippen molar-refractivity contribution in [3.05, 3.63) is 59.7 Å². The molecule has 1 amide bonds. The molecule has 1 aromatic heterocycles. The van der Waals surface area contributed by atoms with Gasteiger partial charge in [0.05, 0.1) is 5.92 Å². The molecule has 0 saturated carbocycles. The van der Waals surface area contributed by atoms with Crippen LogP contribution in [-0.4, -0.2) is 42.0 Å². The molecule has 0 aliphatic carbocycles. The number of rotatable bonds is 4. The van der Waals surface area contributed by atoms with Crippen LogP contribution in [-0.2, 0) is 4.79 Å². The maximum absolute atomic E-state index is 12.9. The third-order valence-corrected chi connectivity index (χ3v) is 5.51. The van der Waals surface area contributed by atoms with Crippen molar-refractivity contribution in [2.45, 2.75) is 19.9 Å². The number of aryl methyl sites for hydroxylation is 1. The number of hydrogen-bond acceptors (Lipinski definition) is 5. The van der Waals surface area contributed by atoms with Gasteiger partial charge in [-0.2, -0.15) is 4.98 Å². The van der Waals surface area contributed by atoms with E-state index in [0.717, 1.165) is 22.2 Å². The van der Waals surface area contributed by atoms with Crippen molar-refractivity contribution < 1.29 is 9.21 Å². The van der Waals surface area contributed by atoms with Gasteiger partial charge in [0.25, 0.3) is 6.01 Å². The van der Waals surface area contributed by atoms with Crippen molar-refractivity contribution in [3.8, 4) is 0 Å². The van der Waals surface area contributed by atoms with Crippen LogP contribution >= 0.6 is 0 Å². The van der Waals surface area contributed by atoms with Crippen molar-refractivity contribution >= 4 is 23.0 Å². The molecule has 6 nitrogen and oxygen atoms in total. The molecule has 1 aliphatic heterocycles. The Morgan fingerprint density at radius 1 is 1.11 bits per heavy atom. The van der Waals surface area contributed by atoms with Crippen LogP contribution in [0.25, 0.3) is 11.1 Å². The minimum absolute atomic E-state index is 0.101. The summed E-state index contributed by atoms with van der Waals surface area (Å²) in [7, 11) is 0. The van der Waals surface area contributed by atoms with Gasteiger partial charge in [-0.1, -0.05) is 43.3 Å². The van der Waals surface area contributed by atoms with E-state index in [0.29, 0.717) is 32.2 Å². The van der Waals surface area contributed by atoms with Gasteiger partial charge >= 0.3 is 0 Å². The zero-order valence-corrected chi connectivity index (χ0v) is 16.3. The number of carbonyl (C=O) groups excluding carboxylic acids is 1. The van der Waals surface area contributed by atoms with Gasteiger partial charge in [0.2, 0.25) is 5.91 Å². The van der Waals surface area contributed by atoms with E-state index in [9.17, 15) is 4.79 Å². The first-order valence-electron chi connectivity index (χ1n) is 9.74.